The van der Waals surface area contributed by atoms with Gasteiger partial charge in [-0.3, -0.25) is 14.4 Å². The third kappa shape index (κ3) is 5.28. The van der Waals surface area contributed by atoms with Crippen LogP contribution in [0.4, 0.5) is 11.4 Å². The predicted molar refractivity (Wildman–Crippen MR) is 169 cm³/mol. The number of aliphatic hydroxyl groups is 1. The molecule has 5 rings (SSSR count). The van der Waals surface area contributed by atoms with E-state index in [1.807, 2.05) is 6.92 Å². The second-order valence-corrected chi connectivity index (χ2v) is 12.4. The summed E-state index contributed by atoms with van der Waals surface area (Å²) in [5.41, 5.74) is -0.201. The molecule has 228 valence electrons. The van der Waals surface area contributed by atoms with E-state index in [9.17, 15) is 19.5 Å². The molecule has 3 unspecified atom stereocenters. The summed E-state index contributed by atoms with van der Waals surface area (Å²) in [5, 5.41) is 10.3. The number of amides is 3. The number of anilines is 2. The average molecular weight is 673 g/mol. The number of carbonyl (C=O) groups excluding carboxylic acids is 3. The van der Waals surface area contributed by atoms with Gasteiger partial charge < -0.3 is 29.3 Å². The number of β-amino-alcohol motifs (C(OH)–C–C–N with tert-alkyl or cyclic N) is 1. The van der Waals surface area contributed by atoms with E-state index in [-0.39, 0.29) is 37.0 Å². The topological polar surface area (TPSA) is 99.6 Å². The van der Waals surface area contributed by atoms with Crippen LogP contribution in [-0.4, -0.2) is 83.2 Å². The van der Waals surface area contributed by atoms with Gasteiger partial charge in [-0.2, -0.15) is 0 Å². The van der Waals surface area contributed by atoms with Crippen LogP contribution in [0, 0.1) is 11.8 Å². The molecule has 0 aliphatic carbocycles. The molecule has 3 aliphatic heterocycles. The van der Waals surface area contributed by atoms with Crippen molar-refractivity contribution in [3.63, 3.8) is 0 Å². The van der Waals surface area contributed by atoms with Crippen molar-refractivity contribution in [2.75, 3.05) is 42.6 Å². The van der Waals surface area contributed by atoms with Gasteiger partial charge in [0.15, 0.2) is 0 Å². The summed E-state index contributed by atoms with van der Waals surface area (Å²) in [6.45, 7) is 9.95. The van der Waals surface area contributed by atoms with Crippen LogP contribution >= 0.6 is 27.5 Å². The number of hydrogen-bond donors (Lipinski definition) is 1. The third-order valence-electron chi connectivity index (χ3n) is 8.41. The van der Waals surface area contributed by atoms with Crippen molar-refractivity contribution in [1.29, 1.82) is 0 Å². The molecule has 0 aromatic heterocycles. The van der Waals surface area contributed by atoms with Gasteiger partial charge in [-0.1, -0.05) is 51.8 Å². The molecule has 0 saturated carbocycles. The Labute approximate surface area is 264 Å². The van der Waals surface area contributed by atoms with Gasteiger partial charge in [-0.05, 0) is 49.7 Å². The fourth-order valence-electron chi connectivity index (χ4n) is 6.81. The highest BCUT2D eigenvalue weighted by Crippen LogP contribution is 2.60. The fourth-order valence-corrected chi connectivity index (χ4v) is 7.99. The Balaban J connectivity index is 1.55. The first-order valence-corrected chi connectivity index (χ1v) is 15.6. The third-order valence-corrected chi connectivity index (χ3v) is 9.57. The molecule has 9 nitrogen and oxygen atoms in total. The van der Waals surface area contributed by atoms with E-state index in [0.29, 0.717) is 35.2 Å². The number of alkyl halides is 1. The average Bonchev–Trinajstić information content (AvgIpc) is 3.59. The van der Waals surface area contributed by atoms with Gasteiger partial charge in [0.1, 0.15) is 17.4 Å². The van der Waals surface area contributed by atoms with E-state index in [0.717, 1.165) is 0 Å². The highest BCUT2D eigenvalue weighted by molar-refractivity contribution is 9.09. The van der Waals surface area contributed by atoms with Crippen LogP contribution in [0.3, 0.4) is 0 Å². The maximum Gasteiger partial charge on any atom is 0.253 e. The largest absolute Gasteiger partial charge is 0.494 e. The van der Waals surface area contributed by atoms with Crippen molar-refractivity contribution in [2.24, 2.45) is 11.8 Å². The molecule has 6 atom stereocenters. The summed E-state index contributed by atoms with van der Waals surface area (Å²) in [5.74, 6) is -2.23. The number of ether oxygens (including phenoxy) is 2. The molecule has 2 bridgehead atoms. The van der Waals surface area contributed by atoms with Crippen molar-refractivity contribution in [1.82, 2.24) is 4.90 Å². The van der Waals surface area contributed by atoms with E-state index >= 15 is 0 Å². The van der Waals surface area contributed by atoms with Gasteiger partial charge in [0.25, 0.3) is 5.91 Å². The first-order valence-electron chi connectivity index (χ1n) is 14.3. The van der Waals surface area contributed by atoms with Gasteiger partial charge >= 0.3 is 0 Å². The zero-order valence-electron chi connectivity index (χ0n) is 23.9. The number of aliphatic hydroxyl groups excluding tert-OH is 1. The van der Waals surface area contributed by atoms with Crippen molar-refractivity contribution >= 4 is 56.6 Å². The number of hydrogen-bond acceptors (Lipinski definition) is 6. The summed E-state index contributed by atoms with van der Waals surface area (Å²) in [4.78, 5) is 47.3. The Morgan fingerprint density at radius 1 is 1.14 bits per heavy atom. The van der Waals surface area contributed by atoms with Gasteiger partial charge in [0, 0.05) is 30.1 Å². The lowest BCUT2D eigenvalue weighted by molar-refractivity contribution is -0.141. The van der Waals surface area contributed by atoms with Crippen LogP contribution in [0.5, 0.6) is 5.75 Å². The van der Waals surface area contributed by atoms with Crippen LogP contribution in [0.25, 0.3) is 0 Å². The molecule has 11 heteroatoms. The highest BCUT2D eigenvalue weighted by atomic mass is 79.9. The lowest BCUT2D eigenvalue weighted by atomic mass is 9.70. The normalized spacial score (nSPS) is 27.1. The van der Waals surface area contributed by atoms with E-state index in [1.54, 1.807) is 65.6 Å². The van der Waals surface area contributed by atoms with E-state index in [1.165, 1.54) is 9.80 Å². The second-order valence-electron chi connectivity index (χ2n) is 10.8. The summed E-state index contributed by atoms with van der Waals surface area (Å²) in [6, 6.07) is 13.0. The predicted octanol–water partition coefficient (Wildman–Crippen LogP) is 4.22. The van der Waals surface area contributed by atoms with Crippen molar-refractivity contribution in [3.05, 3.63) is 78.9 Å². The van der Waals surface area contributed by atoms with Crippen LogP contribution in [0.1, 0.15) is 13.3 Å². The quantitative estimate of drug-likeness (QED) is 0.268. The minimum Gasteiger partial charge on any atom is -0.494 e. The molecule has 3 saturated heterocycles. The molecule has 0 radical (unpaired) electrons. The fraction of sp³-hybridized carbons (Fsp3) is 0.406. The van der Waals surface area contributed by atoms with Crippen LogP contribution in [-0.2, 0) is 19.1 Å². The molecule has 2 aromatic carbocycles. The minimum absolute atomic E-state index is 0.0882. The Bertz CT molecular complexity index is 1410. The van der Waals surface area contributed by atoms with Crippen LogP contribution in [0.2, 0.25) is 5.02 Å². The monoisotopic (exact) mass is 671 g/mol. The Morgan fingerprint density at radius 2 is 1.81 bits per heavy atom. The number of fused-ring (bicyclic) bond motifs is 1. The van der Waals surface area contributed by atoms with Gasteiger partial charge in [-0.25, -0.2) is 0 Å². The zero-order valence-corrected chi connectivity index (χ0v) is 26.2. The number of halogens is 2. The summed E-state index contributed by atoms with van der Waals surface area (Å²) >= 11 is 10.2. The number of likely N-dealkylation sites (tertiary alicyclic amines) is 1. The summed E-state index contributed by atoms with van der Waals surface area (Å²) in [7, 11) is 0. The van der Waals surface area contributed by atoms with Gasteiger partial charge in [0.2, 0.25) is 11.8 Å². The van der Waals surface area contributed by atoms with Crippen molar-refractivity contribution in [2.45, 2.75) is 35.9 Å². The SMILES string of the molecule is C=CCN(C(=O)[C@H]1[C@@H]2OC3(CC2Br)C(C(=O)N(CC=C)c2ccccc2Cl)N(CCO)C(=O)[C@H]13)c1ccc(OCC)cc1. The summed E-state index contributed by atoms with van der Waals surface area (Å²) in [6.07, 6.45) is 2.91. The molecule has 2 aromatic rings. The van der Waals surface area contributed by atoms with Gasteiger partial charge in [0.05, 0.1) is 41.9 Å². The maximum absolute atomic E-state index is 14.5. The second kappa shape index (κ2) is 12.8. The highest BCUT2D eigenvalue weighted by Gasteiger charge is 2.77. The number of rotatable bonds is 12. The maximum atomic E-state index is 14.5. The zero-order chi connectivity index (χ0) is 30.9. The Morgan fingerprint density at radius 3 is 2.44 bits per heavy atom. The number of nitrogens with zero attached hydrogens (tertiary/aromatic N) is 3. The molecule has 1 spiro atoms. The lowest BCUT2D eigenvalue weighted by Crippen LogP contribution is -2.57. The van der Waals surface area contributed by atoms with Crippen molar-refractivity contribution in [3.8, 4) is 5.75 Å². The minimum atomic E-state index is -1.29. The number of benzene rings is 2. The molecular formula is C32H35BrClN3O6. The molecule has 3 heterocycles. The van der Waals surface area contributed by atoms with E-state index in [2.05, 4.69) is 29.1 Å². The Kier molecular flexibility index (Phi) is 9.31. The van der Waals surface area contributed by atoms with Crippen LogP contribution < -0.4 is 14.5 Å². The molecule has 3 amide bonds. The standard InChI is InChI=1S/C32H35BrClN3O6/c1-4-15-35(20-11-13-21(14-12-20)42-6-3)29(39)25-26-30(40)37(17-18-38)28(32(26)19-22(33)27(25)43-32)31(41)36(16-5-2)24-10-8-7-9-23(24)34/h4-5,7-14,22,25-28,38H,1-2,6,15-19H2,3H3/t22?,25-,26+,27-,28?,32?/m1/s1. The number of para-hydroxylation sites is 1. The van der Waals surface area contributed by atoms with Crippen molar-refractivity contribution < 1.29 is 29.0 Å². The van der Waals surface area contributed by atoms with E-state index < -0.39 is 41.4 Å². The lowest BCUT2D eigenvalue weighted by Gasteiger charge is -2.37. The smallest absolute Gasteiger partial charge is 0.253 e. The first-order chi connectivity index (χ1) is 20.7. The molecule has 43 heavy (non-hydrogen) atoms. The van der Waals surface area contributed by atoms with Crippen LogP contribution in [0.15, 0.2) is 73.8 Å². The Hall–Kier alpha value is -3.18. The first kappa shape index (κ1) is 31.3. The molecule has 3 fully saturated rings. The van der Waals surface area contributed by atoms with Gasteiger partial charge in [-0.15, -0.1) is 13.2 Å². The number of carbonyl (C=O) groups is 3. The molecule has 3 aliphatic rings. The molecule has 1 N–H and O–H groups in total. The summed E-state index contributed by atoms with van der Waals surface area (Å²) < 4.78 is 12.2. The molecular weight excluding hydrogens is 638 g/mol. The van der Waals surface area contributed by atoms with E-state index in [4.69, 9.17) is 21.1 Å².